The van der Waals surface area contributed by atoms with Crippen molar-refractivity contribution in [1.29, 1.82) is 0 Å². The van der Waals surface area contributed by atoms with Crippen molar-refractivity contribution in [2.24, 2.45) is 0 Å². The van der Waals surface area contributed by atoms with Crippen LogP contribution < -0.4 is 10.2 Å². The molecule has 0 saturated carbocycles. The normalized spacial score (nSPS) is 21.1. The van der Waals surface area contributed by atoms with E-state index in [1.807, 2.05) is 0 Å². The first kappa shape index (κ1) is 18.6. The molecule has 0 spiro atoms. The first-order valence-electron chi connectivity index (χ1n) is 12.2. The van der Waals surface area contributed by atoms with Gasteiger partial charge in [-0.25, -0.2) is 0 Å². The van der Waals surface area contributed by atoms with Gasteiger partial charge in [0.15, 0.2) is 0 Å². The maximum absolute atomic E-state index is 4.76. The number of rotatable bonds is 3. The van der Waals surface area contributed by atoms with Crippen LogP contribution in [0.4, 0.5) is 5.82 Å². The van der Waals surface area contributed by atoms with Crippen molar-refractivity contribution in [2.45, 2.75) is 38.0 Å². The van der Waals surface area contributed by atoms with Crippen LogP contribution in [0.5, 0.6) is 0 Å². The molecular weight excluding hydrogens is 396 g/mol. The van der Waals surface area contributed by atoms with E-state index in [1.165, 1.54) is 65.8 Å². The highest BCUT2D eigenvalue weighted by Gasteiger charge is 2.34. The summed E-state index contributed by atoms with van der Waals surface area (Å²) in [4.78, 5) is 8.71. The highest BCUT2D eigenvalue weighted by Crippen LogP contribution is 2.43. The Kier molecular flexibility index (Phi) is 4.22. The van der Waals surface area contributed by atoms with Crippen molar-refractivity contribution < 1.29 is 0 Å². The minimum absolute atomic E-state index is 0.641. The van der Waals surface area contributed by atoms with Crippen molar-refractivity contribution in [2.75, 3.05) is 37.6 Å². The van der Waals surface area contributed by atoms with E-state index in [-0.39, 0.29) is 0 Å². The molecule has 0 aliphatic carbocycles. The molecule has 6 heteroatoms. The van der Waals surface area contributed by atoms with E-state index in [9.17, 15) is 0 Å². The largest absolute Gasteiger partial charge is 0.371 e. The first-order valence-corrected chi connectivity index (χ1v) is 12.2. The molecule has 0 radical (unpaired) electrons. The lowest BCUT2D eigenvalue weighted by molar-refractivity contribution is 0.326. The summed E-state index contributed by atoms with van der Waals surface area (Å²) in [7, 11) is 0. The van der Waals surface area contributed by atoms with Crippen LogP contribution in [0.2, 0.25) is 0 Å². The number of piperidine rings is 2. The van der Waals surface area contributed by atoms with Crippen LogP contribution in [0.3, 0.4) is 0 Å². The molecule has 6 nitrogen and oxygen atoms in total. The van der Waals surface area contributed by atoms with Gasteiger partial charge in [-0.3, -0.25) is 5.10 Å². The number of hydrogen-bond donors (Lipinski definition) is 3. The van der Waals surface area contributed by atoms with Crippen LogP contribution in [-0.2, 0) is 0 Å². The first-order chi connectivity index (χ1) is 15.8. The van der Waals surface area contributed by atoms with Gasteiger partial charge >= 0.3 is 0 Å². The Balaban J connectivity index is 1.30. The summed E-state index contributed by atoms with van der Waals surface area (Å²) >= 11 is 0. The van der Waals surface area contributed by atoms with Crippen molar-refractivity contribution >= 4 is 22.4 Å². The second-order valence-corrected chi connectivity index (χ2v) is 9.69. The lowest BCUT2D eigenvalue weighted by Crippen LogP contribution is -2.28. The summed E-state index contributed by atoms with van der Waals surface area (Å²) in [5.41, 5.74) is 8.77. The van der Waals surface area contributed by atoms with E-state index < -0.39 is 0 Å². The number of benzene rings is 1. The van der Waals surface area contributed by atoms with Crippen LogP contribution in [0, 0.1) is 0 Å². The number of hydrogen-bond acceptors (Lipinski definition) is 4. The lowest BCUT2D eigenvalue weighted by atomic mass is 9.89. The zero-order valence-electron chi connectivity index (χ0n) is 18.5. The average molecular weight is 427 g/mol. The minimum Gasteiger partial charge on any atom is -0.371 e. The number of aromatic amines is 2. The molecule has 164 valence electrons. The number of nitrogens with one attached hydrogen (secondary N) is 3. The van der Waals surface area contributed by atoms with Gasteiger partial charge in [-0.1, -0.05) is 6.07 Å². The predicted molar refractivity (Wildman–Crippen MR) is 130 cm³/mol. The fraction of sp³-hybridized carbons (Fsp3) is 0.423. The monoisotopic (exact) mass is 426 g/mol. The van der Waals surface area contributed by atoms with Crippen molar-refractivity contribution in [3.63, 3.8) is 0 Å². The third-order valence-electron chi connectivity index (χ3n) is 7.69. The summed E-state index contributed by atoms with van der Waals surface area (Å²) in [5, 5.41) is 12.7. The number of aromatic nitrogens is 3. The number of H-pyrrole nitrogens is 2. The van der Waals surface area contributed by atoms with Crippen LogP contribution in [0.15, 0.2) is 42.1 Å². The molecule has 3 aromatic rings. The summed E-state index contributed by atoms with van der Waals surface area (Å²) in [6, 6.07) is 9.20. The van der Waals surface area contributed by atoms with E-state index in [2.05, 4.69) is 61.6 Å². The van der Waals surface area contributed by atoms with Crippen LogP contribution in [-0.4, -0.2) is 52.8 Å². The molecule has 0 amide bonds. The van der Waals surface area contributed by atoms with Crippen LogP contribution in [0.1, 0.15) is 49.1 Å². The van der Waals surface area contributed by atoms with Crippen molar-refractivity contribution in [3.05, 3.63) is 53.2 Å². The SMILES string of the molecule is C1=C(N2CCCCC2)c2cc(-c3n[nH]c4ccc(C5CCNCC5)cc34)[nH]c2N2CC2=C1. The molecule has 2 aromatic heterocycles. The van der Waals surface area contributed by atoms with E-state index in [0.29, 0.717) is 5.92 Å². The zero-order chi connectivity index (χ0) is 21.1. The molecule has 4 aliphatic heterocycles. The van der Waals surface area contributed by atoms with Crippen LogP contribution >= 0.6 is 0 Å². The number of allylic oxidation sites excluding steroid dienone is 2. The number of nitrogens with zero attached hydrogens (tertiary/aromatic N) is 3. The highest BCUT2D eigenvalue weighted by molar-refractivity contribution is 5.95. The van der Waals surface area contributed by atoms with Gasteiger partial charge < -0.3 is 20.1 Å². The molecule has 0 bridgehead atoms. The van der Waals surface area contributed by atoms with Crippen molar-refractivity contribution in [1.82, 2.24) is 25.4 Å². The van der Waals surface area contributed by atoms with Gasteiger partial charge in [-0.15, -0.1) is 0 Å². The summed E-state index contributed by atoms with van der Waals surface area (Å²) in [6.45, 7) is 5.56. The molecule has 3 saturated heterocycles. The lowest BCUT2D eigenvalue weighted by Gasteiger charge is -2.31. The smallest absolute Gasteiger partial charge is 0.120 e. The van der Waals surface area contributed by atoms with Crippen LogP contribution in [0.25, 0.3) is 28.0 Å². The molecule has 4 aliphatic rings. The topological polar surface area (TPSA) is 62.8 Å². The summed E-state index contributed by atoms with van der Waals surface area (Å²) < 4.78 is 0. The van der Waals surface area contributed by atoms with Gasteiger partial charge in [0, 0.05) is 35.4 Å². The maximum atomic E-state index is 4.76. The number of anilines is 1. The molecule has 0 atom stereocenters. The Morgan fingerprint density at radius 2 is 1.84 bits per heavy atom. The fourth-order valence-corrected chi connectivity index (χ4v) is 5.79. The maximum Gasteiger partial charge on any atom is 0.120 e. The van der Waals surface area contributed by atoms with Gasteiger partial charge in [0.05, 0.1) is 17.8 Å². The average Bonchev–Trinajstić information content (AvgIpc) is 3.34. The van der Waals surface area contributed by atoms with E-state index in [0.717, 1.165) is 49.6 Å². The summed E-state index contributed by atoms with van der Waals surface area (Å²) in [6.07, 6.45) is 11.0. The molecule has 1 aromatic carbocycles. The minimum atomic E-state index is 0.641. The van der Waals surface area contributed by atoms with E-state index in [1.54, 1.807) is 0 Å². The molecule has 0 unspecified atom stereocenters. The highest BCUT2D eigenvalue weighted by atomic mass is 15.3. The molecule has 6 heterocycles. The third-order valence-corrected chi connectivity index (χ3v) is 7.69. The van der Waals surface area contributed by atoms with Gasteiger partial charge in [0.2, 0.25) is 0 Å². The third kappa shape index (κ3) is 3.00. The van der Waals surface area contributed by atoms with Crippen molar-refractivity contribution in [3.8, 4) is 11.4 Å². The fourth-order valence-electron chi connectivity index (χ4n) is 5.79. The molecular formula is C26H30N6. The molecule has 3 fully saturated rings. The van der Waals surface area contributed by atoms with Gasteiger partial charge in [-0.2, -0.15) is 5.10 Å². The van der Waals surface area contributed by atoms with Gasteiger partial charge in [0.25, 0.3) is 0 Å². The Hall–Kier alpha value is -2.99. The Morgan fingerprint density at radius 1 is 0.969 bits per heavy atom. The van der Waals surface area contributed by atoms with Gasteiger partial charge in [-0.05, 0) is 87.0 Å². The second-order valence-electron chi connectivity index (χ2n) is 9.69. The predicted octanol–water partition coefficient (Wildman–Crippen LogP) is 4.57. The zero-order valence-corrected chi connectivity index (χ0v) is 18.5. The summed E-state index contributed by atoms with van der Waals surface area (Å²) in [5.74, 6) is 1.87. The Bertz CT molecular complexity index is 1230. The molecule has 7 rings (SSSR count). The Morgan fingerprint density at radius 3 is 2.72 bits per heavy atom. The second kappa shape index (κ2) is 7.27. The molecule has 32 heavy (non-hydrogen) atoms. The van der Waals surface area contributed by atoms with E-state index >= 15 is 0 Å². The van der Waals surface area contributed by atoms with E-state index in [4.69, 9.17) is 5.10 Å². The standard InChI is InChI=1S/C26H30N6/c1-2-12-31(13-3-1)24-7-5-19-16-32(19)26-21(24)15-23(28-26)25-20-14-18(4-6-22(20)29-30-25)17-8-10-27-11-9-17/h4-7,14-15,17,27-28H,1-3,8-13,16H2,(H,29,30). The number of fused-ring (bicyclic) bond motifs is 4. The van der Waals surface area contributed by atoms with Gasteiger partial charge in [0.1, 0.15) is 11.5 Å². The Labute approximate surface area is 188 Å². The quantitative estimate of drug-likeness (QED) is 0.537. The number of likely N-dealkylation sites (tertiary alicyclic amines) is 1. The molecule has 3 N–H and O–H groups in total.